The van der Waals surface area contributed by atoms with Gasteiger partial charge in [0.15, 0.2) is 6.61 Å². The number of likely N-dealkylation sites (N-methyl/N-ethyl adjacent to an activating group) is 1. The zero-order valence-corrected chi connectivity index (χ0v) is 16.2. The number of carbonyl (C=O) groups is 2. The first kappa shape index (κ1) is 20.1. The summed E-state index contributed by atoms with van der Waals surface area (Å²) in [6, 6.07) is 15.4. The van der Waals surface area contributed by atoms with E-state index in [4.69, 9.17) is 9.15 Å². The van der Waals surface area contributed by atoms with Crippen LogP contribution in [0.3, 0.4) is 0 Å². The van der Waals surface area contributed by atoms with Crippen molar-refractivity contribution < 1.29 is 18.7 Å². The Bertz CT molecular complexity index is 1080. The Kier molecular flexibility index (Phi) is 6.29. The van der Waals surface area contributed by atoms with Crippen LogP contribution in [-0.2, 0) is 9.59 Å². The Morgan fingerprint density at radius 3 is 2.59 bits per heavy atom. The molecule has 7 nitrogen and oxygen atoms in total. The van der Waals surface area contributed by atoms with Gasteiger partial charge in [-0.25, -0.2) is 4.79 Å². The number of nitrogens with one attached hydrogen (secondary N) is 2. The molecule has 3 rings (SSSR count). The predicted molar refractivity (Wildman–Crippen MR) is 110 cm³/mol. The van der Waals surface area contributed by atoms with Crippen LogP contribution in [0.5, 0.6) is 5.75 Å². The Hall–Kier alpha value is -3.61. The highest BCUT2D eigenvalue weighted by molar-refractivity contribution is 5.93. The third-order valence-electron chi connectivity index (χ3n) is 4.29. The molecule has 0 fully saturated rings. The first-order valence-electron chi connectivity index (χ1n) is 9.31. The minimum atomic E-state index is -0.658. The second kappa shape index (κ2) is 9.05. The summed E-state index contributed by atoms with van der Waals surface area (Å²) in [5, 5.41) is 5.96. The van der Waals surface area contributed by atoms with Crippen molar-refractivity contribution in [2.75, 3.05) is 13.2 Å². The summed E-state index contributed by atoms with van der Waals surface area (Å²) in [4.78, 5) is 35.7. The summed E-state index contributed by atoms with van der Waals surface area (Å²) in [7, 11) is 0. The largest absolute Gasteiger partial charge is 0.484 e. The maximum atomic E-state index is 12.0. The molecule has 1 aromatic heterocycles. The molecule has 2 aromatic carbocycles. The minimum absolute atomic E-state index is 0.262. The lowest BCUT2D eigenvalue weighted by molar-refractivity contribution is -0.129. The van der Waals surface area contributed by atoms with Gasteiger partial charge in [0.25, 0.3) is 5.91 Å². The fraction of sp³-hybridized carbons (Fsp3) is 0.227. The maximum absolute atomic E-state index is 12.0. The van der Waals surface area contributed by atoms with Crippen LogP contribution in [0.15, 0.2) is 63.8 Å². The van der Waals surface area contributed by atoms with Gasteiger partial charge in [-0.15, -0.1) is 0 Å². The third-order valence-corrected chi connectivity index (χ3v) is 4.29. The van der Waals surface area contributed by atoms with E-state index in [2.05, 4.69) is 10.6 Å². The number of hydrogen-bond donors (Lipinski definition) is 2. The first-order valence-corrected chi connectivity index (χ1v) is 9.31. The van der Waals surface area contributed by atoms with Crippen molar-refractivity contribution >= 4 is 22.8 Å². The van der Waals surface area contributed by atoms with Crippen molar-refractivity contribution in [2.24, 2.45) is 0 Å². The molecule has 0 aliphatic rings. The van der Waals surface area contributed by atoms with E-state index in [9.17, 15) is 14.4 Å². The average Bonchev–Trinajstić information content (AvgIpc) is 2.72. The lowest BCUT2D eigenvalue weighted by atomic mass is 10.0. The lowest BCUT2D eigenvalue weighted by Gasteiger charge is -2.14. The van der Waals surface area contributed by atoms with E-state index in [1.807, 2.05) is 30.3 Å². The molecule has 7 heteroatoms. The van der Waals surface area contributed by atoms with E-state index in [-0.39, 0.29) is 12.5 Å². The van der Waals surface area contributed by atoms with Crippen molar-refractivity contribution in [1.29, 1.82) is 0 Å². The molecule has 2 N–H and O–H groups in total. The molecule has 0 aliphatic heterocycles. The molecule has 0 unspecified atom stereocenters. The predicted octanol–water partition coefficient (Wildman–Crippen LogP) is 2.48. The second-order valence-electron chi connectivity index (χ2n) is 6.48. The fourth-order valence-electron chi connectivity index (χ4n) is 2.91. The summed E-state index contributed by atoms with van der Waals surface area (Å²) < 4.78 is 10.8. The molecule has 0 saturated carbocycles. The number of benzene rings is 2. The topological polar surface area (TPSA) is 97.6 Å². The monoisotopic (exact) mass is 394 g/mol. The third kappa shape index (κ3) is 5.01. The Morgan fingerprint density at radius 1 is 1.10 bits per heavy atom. The highest BCUT2D eigenvalue weighted by Gasteiger charge is 2.15. The molecule has 0 spiro atoms. The molecular weight excluding hydrogens is 372 g/mol. The first-order chi connectivity index (χ1) is 14.0. The van der Waals surface area contributed by atoms with Gasteiger partial charge in [0, 0.05) is 24.1 Å². The van der Waals surface area contributed by atoms with Gasteiger partial charge < -0.3 is 19.8 Å². The van der Waals surface area contributed by atoms with Crippen LogP contribution in [0.25, 0.3) is 22.1 Å². The van der Waals surface area contributed by atoms with Gasteiger partial charge >= 0.3 is 5.63 Å². The standard InChI is InChI=1S/C22H22N2O5/c1-3-23-22(27)14(2)24-20(25)13-28-16-9-10-17-18(15-7-5-4-6-8-15)12-21(26)29-19(17)11-16/h4-12,14H,3,13H2,1-2H3,(H,23,27)(H,24,25)/t14-/m0/s1. The summed E-state index contributed by atoms with van der Waals surface area (Å²) in [5.41, 5.74) is 1.56. The van der Waals surface area contributed by atoms with E-state index < -0.39 is 17.6 Å². The molecule has 1 heterocycles. The van der Waals surface area contributed by atoms with Crippen molar-refractivity contribution in [3.05, 3.63) is 65.0 Å². The van der Waals surface area contributed by atoms with Gasteiger partial charge in [0.1, 0.15) is 17.4 Å². The van der Waals surface area contributed by atoms with Crippen LogP contribution < -0.4 is 21.0 Å². The molecule has 0 radical (unpaired) electrons. The van der Waals surface area contributed by atoms with E-state index in [1.165, 1.54) is 6.07 Å². The Labute approximate surface area is 167 Å². The van der Waals surface area contributed by atoms with Gasteiger partial charge in [-0.2, -0.15) is 0 Å². The highest BCUT2D eigenvalue weighted by Crippen LogP contribution is 2.29. The number of amides is 2. The zero-order valence-electron chi connectivity index (χ0n) is 16.2. The SMILES string of the molecule is CCNC(=O)[C@H](C)NC(=O)COc1ccc2c(-c3ccccc3)cc(=O)oc2c1. The quantitative estimate of drug-likeness (QED) is 0.600. The highest BCUT2D eigenvalue weighted by atomic mass is 16.5. The van der Waals surface area contributed by atoms with Crippen LogP contribution in [0, 0.1) is 0 Å². The molecule has 0 bridgehead atoms. The minimum Gasteiger partial charge on any atom is -0.484 e. The normalized spacial score (nSPS) is 11.7. The molecule has 0 aliphatic carbocycles. The van der Waals surface area contributed by atoms with Crippen molar-refractivity contribution in [2.45, 2.75) is 19.9 Å². The van der Waals surface area contributed by atoms with E-state index in [1.54, 1.807) is 32.0 Å². The van der Waals surface area contributed by atoms with Crippen molar-refractivity contribution in [1.82, 2.24) is 10.6 Å². The number of ether oxygens (including phenoxy) is 1. The van der Waals surface area contributed by atoms with E-state index in [0.717, 1.165) is 16.5 Å². The van der Waals surface area contributed by atoms with Crippen LogP contribution in [0.2, 0.25) is 0 Å². The molecule has 1 atom stereocenters. The number of rotatable bonds is 7. The number of hydrogen-bond acceptors (Lipinski definition) is 5. The molecule has 29 heavy (non-hydrogen) atoms. The van der Waals surface area contributed by atoms with Crippen LogP contribution >= 0.6 is 0 Å². The van der Waals surface area contributed by atoms with Gasteiger partial charge in [-0.1, -0.05) is 30.3 Å². The summed E-state index contributed by atoms with van der Waals surface area (Å²) >= 11 is 0. The summed E-state index contributed by atoms with van der Waals surface area (Å²) in [6.45, 7) is 3.62. The molecular formula is C22H22N2O5. The summed E-state index contributed by atoms with van der Waals surface area (Å²) in [5.74, 6) is -0.309. The van der Waals surface area contributed by atoms with E-state index in [0.29, 0.717) is 17.9 Å². The molecule has 0 saturated heterocycles. The van der Waals surface area contributed by atoms with Gasteiger partial charge in [0.2, 0.25) is 5.91 Å². The fourth-order valence-corrected chi connectivity index (χ4v) is 2.91. The maximum Gasteiger partial charge on any atom is 0.336 e. The van der Waals surface area contributed by atoms with Crippen LogP contribution in [-0.4, -0.2) is 31.0 Å². The van der Waals surface area contributed by atoms with Gasteiger partial charge in [0.05, 0.1) is 0 Å². The van der Waals surface area contributed by atoms with Gasteiger partial charge in [-0.3, -0.25) is 9.59 Å². The number of fused-ring (bicyclic) bond motifs is 1. The van der Waals surface area contributed by atoms with Gasteiger partial charge in [-0.05, 0) is 37.1 Å². The smallest absolute Gasteiger partial charge is 0.336 e. The van der Waals surface area contributed by atoms with Crippen molar-refractivity contribution in [3.63, 3.8) is 0 Å². The Morgan fingerprint density at radius 2 is 1.86 bits per heavy atom. The van der Waals surface area contributed by atoms with Crippen molar-refractivity contribution in [3.8, 4) is 16.9 Å². The van der Waals surface area contributed by atoms with E-state index >= 15 is 0 Å². The summed E-state index contributed by atoms with van der Waals surface area (Å²) in [6.07, 6.45) is 0. The van der Waals surface area contributed by atoms with Crippen LogP contribution in [0.1, 0.15) is 13.8 Å². The lowest BCUT2D eigenvalue weighted by Crippen LogP contribution is -2.46. The number of carbonyl (C=O) groups excluding carboxylic acids is 2. The zero-order chi connectivity index (χ0) is 20.8. The van der Waals surface area contributed by atoms with Crippen LogP contribution in [0.4, 0.5) is 0 Å². The average molecular weight is 394 g/mol. The molecule has 3 aromatic rings. The Balaban J connectivity index is 1.74. The second-order valence-corrected chi connectivity index (χ2v) is 6.48. The molecule has 2 amide bonds. The molecule has 150 valence electrons.